The quantitative estimate of drug-likeness (QED) is 0.531. The number of nitrogens with two attached hydrogens (primary N) is 1. The highest BCUT2D eigenvalue weighted by molar-refractivity contribution is 7.18. The van der Waals surface area contributed by atoms with Crippen LogP contribution in [-0.2, 0) is 4.74 Å². The number of ether oxygens (including phenoxy) is 1. The molecule has 0 bridgehead atoms. The highest BCUT2D eigenvalue weighted by Crippen LogP contribution is 2.29. The fourth-order valence-corrected chi connectivity index (χ4v) is 2.91. The van der Waals surface area contributed by atoms with Crippen molar-refractivity contribution in [2.24, 2.45) is 5.92 Å². The molecular weight excluding hydrogens is 272 g/mol. The van der Waals surface area contributed by atoms with E-state index in [0.717, 1.165) is 23.9 Å². The van der Waals surface area contributed by atoms with Gasteiger partial charge in [-0.15, -0.1) is 11.3 Å². The number of nitrogens with one attached hydrogen (secondary N) is 1. The van der Waals surface area contributed by atoms with Crippen molar-refractivity contribution < 1.29 is 9.53 Å². The van der Waals surface area contributed by atoms with Crippen molar-refractivity contribution in [1.82, 2.24) is 0 Å². The van der Waals surface area contributed by atoms with Crippen molar-refractivity contribution in [3.8, 4) is 0 Å². The van der Waals surface area contributed by atoms with Crippen LogP contribution in [0.4, 0.5) is 10.7 Å². The molecule has 0 saturated carbocycles. The fourth-order valence-electron chi connectivity index (χ4n) is 1.99. The van der Waals surface area contributed by atoms with Crippen LogP contribution >= 0.6 is 11.3 Å². The Labute approximate surface area is 125 Å². The Morgan fingerprint density at radius 1 is 1.35 bits per heavy atom. The maximum absolute atomic E-state index is 11.4. The third kappa shape index (κ3) is 5.82. The normalized spacial score (nSPS) is 10.8. The van der Waals surface area contributed by atoms with E-state index in [0.29, 0.717) is 10.6 Å². The Balaban J connectivity index is 2.21. The van der Waals surface area contributed by atoms with Gasteiger partial charge in [0.2, 0.25) is 0 Å². The summed E-state index contributed by atoms with van der Waals surface area (Å²) in [6, 6.07) is 1.80. The number of thiophene rings is 1. The first-order chi connectivity index (χ1) is 9.54. The monoisotopic (exact) mass is 298 g/mol. The number of nitrogen functional groups attached to an aromatic ring is 1. The van der Waals surface area contributed by atoms with E-state index in [9.17, 15) is 4.79 Å². The van der Waals surface area contributed by atoms with Crippen LogP contribution in [0.2, 0.25) is 0 Å². The van der Waals surface area contributed by atoms with Gasteiger partial charge in [-0.2, -0.15) is 0 Å². The highest BCUT2D eigenvalue weighted by Gasteiger charge is 2.14. The Morgan fingerprint density at radius 2 is 2.05 bits per heavy atom. The molecule has 3 N–H and O–H groups in total. The van der Waals surface area contributed by atoms with E-state index in [1.807, 2.05) is 0 Å². The topological polar surface area (TPSA) is 64.3 Å². The Bertz CT molecular complexity index is 416. The molecule has 20 heavy (non-hydrogen) atoms. The van der Waals surface area contributed by atoms with Gasteiger partial charge in [0, 0.05) is 6.54 Å². The zero-order valence-corrected chi connectivity index (χ0v) is 13.5. The Kier molecular flexibility index (Phi) is 7.44. The zero-order chi connectivity index (χ0) is 15.0. The molecular formula is C15H26N2O2S. The van der Waals surface area contributed by atoms with E-state index in [-0.39, 0.29) is 5.97 Å². The molecule has 1 aromatic rings. The van der Waals surface area contributed by atoms with Crippen LogP contribution in [0.5, 0.6) is 0 Å². The van der Waals surface area contributed by atoms with Gasteiger partial charge in [0.15, 0.2) is 0 Å². The lowest BCUT2D eigenvalue weighted by atomic mass is 10.0. The van der Waals surface area contributed by atoms with E-state index >= 15 is 0 Å². The van der Waals surface area contributed by atoms with Gasteiger partial charge in [-0.25, -0.2) is 4.79 Å². The molecule has 0 aliphatic carbocycles. The van der Waals surface area contributed by atoms with E-state index in [4.69, 9.17) is 5.73 Å². The summed E-state index contributed by atoms with van der Waals surface area (Å²) < 4.78 is 4.68. The molecule has 4 nitrogen and oxygen atoms in total. The summed E-state index contributed by atoms with van der Waals surface area (Å²) in [5.74, 6) is 0.438. The number of carbonyl (C=O) groups excluding carboxylic acids is 1. The Hall–Kier alpha value is -1.23. The maximum Gasteiger partial charge on any atom is 0.350 e. The number of hydrogen-bond acceptors (Lipinski definition) is 5. The van der Waals surface area contributed by atoms with Crippen molar-refractivity contribution in [1.29, 1.82) is 0 Å². The second-order valence-electron chi connectivity index (χ2n) is 5.41. The van der Waals surface area contributed by atoms with Gasteiger partial charge in [0.1, 0.15) is 4.88 Å². The highest BCUT2D eigenvalue weighted by atomic mass is 32.1. The maximum atomic E-state index is 11.4. The minimum absolute atomic E-state index is 0.366. The van der Waals surface area contributed by atoms with E-state index < -0.39 is 0 Å². The van der Waals surface area contributed by atoms with Crippen LogP contribution in [-0.4, -0.2) is 19.6 Å². The predicted octanol–water partition coefficient (Wildman–Crippen LogP) is 4.14. The van der Waals surface area contributed by atoms with Gasteiger partial charge >= 0.3 is 5.97 Å². The van der Waals surface area contributed by atoms with Crippen LogP contribution < -0.4 is 11.1 Å². The van der Waals surface area contributed by atoms with E-state index in [2.05, 4.69) is 23.9 Å². The molecule has 1 aromatic heterocycles. The summed E-state index contributed by atoms with van der Waals surface area (Å²) in [5.41, 5.74) is 6.27. The first-order valence-corrected chi connectivity index (χ1v) is 8.07. The van der Waals surface area contributed by atoms with Gasteiger partial charge in [0.05, 0.1) is 17.8 Å². The summed E-state index contributed by atoms with van der Waals surface area (Å²) in [6.07, 6.45) is 6.31. The number of hydrogen-bond donors (Lipinski definition) is 2. The van der Waals surface area contributed by atoms with Gasteiger partial charge in [-0.05, 0) is 18.4 Å². The minimum Gasteiger partial charge on any atom is -0.465 e. The third-order valence-electron chi connectivity index (χ3n) is 3.14. The number of unbranched alkanes of at least 4 members (excludes halogenated alkanes) is 3. The zero-order valence-electron chi connectivity index (χ0n) is 12.7. The first kappa shape index (κ1) is 16.8. The molecule has 5 heteroatoms. The summed E-state index contributed by atoms with van der Waals surface area (Å²) in [4.78, 5) is 11.9. The molecule has 114 valence electrons. The first-order valence-electron chi connectivity index (χ1n) is 7.26. The smallest absolute Gasteiger partial charge is 0.350 e. The van der Waals surface area contributed by atoms with Crippen LogP contribution in [0.15, 0.2) is 6.07 Å². The molecule has 0 aromatic carbocycles. The van der Waals surface area contributed by atoms with Gasteiger partial charge in [-0.3, -0.25) is 0 Å². The predicted molar refractivity (Wildman–Crippen MR) is 86.5 cm³/mol. The molecule has 0 radical (unpaired) electrons. The van der Waals surface area contributed by atoms with Crippen molar-refractivity contribution in [2.75, 3.05) is 24.7 Å². The molecule has 0 saturated heterocycles. The number of anilines is 2. The average Bonchev–Trinajstić information content (AvgIpc) is 2.77. The minimum atomic E-state index is -0.366. The number of methoxy groups -OCH3 is 1. The molecule has 0 amide bonds. The summed E-state index contributed by atoms with van der Waals surface area (Å²) in [7, 11) is 1.37. The SMILES string of the molecule is COC(=O)c1sc(NCCCCCCC(C)C)cc1N. The van der Waals surface area contributed by atoms with Crippen molar-refractivity contribution in [3.63, 3.8) is 0 Å². The van der Waals surface area contributed by atoms with E-state index in [1.54, 1.807) is 6.07 Å². The largest absolute Gasteiger partial charge is 0.465 e. The molecule has 0 unspecified atom stereocenters. The van der Waals surface area contributed by atoms with Crippen molar-refractivity contribution >= 4 is 28.0 Å². The number of rotatable bonds is 9. The number of esters is 1. The molecule has 0 spiro atoms. The molecule has 0 aliphatic rings. The summed E-state index contributed by atoms with van der Waals surface area (Å²) >= 11 is 1.35. The van der Waals surface area contributed by atoms with Gasteiger partial charge < -0.3 is 15.8 Å². The Morgan fingerprint density at radius 3 is 2.70 bits per heavy atom. The lowest BCUT2D eigenvalue weighted by Gasteiger charge is -2.05. The molecule has 0 atom stereocenters. The van der Waals surface area contributed by atoms with Gasteiger partial charge in [-0.1, -0.05) is 39.5 Å². The van der Waals surface area contributed by atoms with Crippen LogP contribution in [0, 0.1) is 5.92 Å². The average molecular weight is 298 g/mol. The number of carbonyl (C=O) groups is 1. The summed E-state index contributed by atoms with van der Waals surface area (Å²) in [6.45, 7) is 5.45. The lowest BCUT2D eigenvalue weighted by Crippen LogP contribution is -2.01. The second kappa shape index (κ2) is 8.84. The van der Waals surface area contributed by atoms with Crippen molar-refractivity contribution in [2.45, 2.75) is 46.0 Å². The third-order valence-corrected chi connectivity index (χ3v) is 4.23. The second-order valence-corrected chi connectivity index (χ2v) is 6.46. The standard InChI is InChI=1S/C15H26N2O2S/c1-11(2)8-6-4-5-7-9-17-13-10-12(16)14(20-13)15(18)19-3/h10-11,17H,4-9,16H2,1-3H3. The summed E-state index contributed by atoms with van der Waals surface area (Å²) in [5, 5.41) is 4.25. The lowest BCUT2D eigenvalue weighted by molar-refractivity contribution is 0.0607. The van der Waals surface area contributed by atoms with E-state index in [1.165, 1.54) is 44.1 Å². The van der Waals surface area contributed by atoms with Crippen LogP contribution in [0.3, 0.4) is 0 Å². The molecule has 0 aliphatic heterocycles. The molecule has 1 heterocycles. The molecule has 0 fully saturated rings. The van der Waals surface area contributed by atoms with Crippen LogP contribution in [0.1, 0.15) is 55.6 Å². The van der Waals surface area contributed by atoms with Gasteiger partial charge in [0.25, 0.3) is 0 Å². The fraction of sp³-hybridized carbons (Fsp3) is 0.667. The van der Waals surface area contributed by atoms with Crippen LogP contribution in [0.25, 0.3) is 0 Å². The van der Waals surface area contributed by atoms with Crippen molar-refractivity contribution in [3.05, 3.63) is 10.9 Å². The molecule has 1 rings (SSSR count).